The Kier molecular flexibility index (Phi) is 5.77. The van der Waals surface area contributed by atoms with Gasteiger partial charge in [-0.15, -0.1) is 11.8 Å². The van der Waals surface area contributed by atoms with Crippen LogP contribution in [0.4, 0.5) is 10.1 Å². The molecule has 0 bridgehead atoms. The van der Waals surface area contributed by atoms with Crippen LogP contribution >= 0.6 is 11.8 Å². The molecule has 0 aromatic heterocycles. The Balaban J connectivity index is 2.69. The van der Waals surface area contributed by atoms with Crippen molar-refractivity contribution in [3.8, 4) is 5.75 Å². The van der Waals surface area contributed by atoms with Gasteiger partial charge in [-0.05, 0) is 13.0 Å². The first-order chi connectivity index (χ1) is 8.58. The number of nitrogens with two attached hydrogens (primary N) is 1. The minimum absolute atomic E-state index is 0.173. The van der Waals surface area contributed by atoms with Crippen LogP contribution in [0.15, 0.2) is 17.0 Å². The van der Waals surface area contributed by atoms with Gasteiger partial charge >= 0.3 is 5.97 Å². The molecule has 0 fully saturated rings. The Hall–Kier alpha value is -1.43. The normalized spacial score (nSPS) is 10.2. The van der Waals surface area contributed by atoms with E-state index in [1.165, 1.54) is 24.9 Å². The van der Waals surface area contributed by atoms with Crippen LogP contribution < -0.4 is 10.5 Å². The molecule has 1 aromatic rings. The van der Waals surface area contributed by atoms with Gasteiger partial charge in [0, 0.05) is 22.4 Å². The summed E-state index contributed by atoms with van der Waals surface area (Å²) < 4.78 is 23.1. The quantitative estimate of drug-likeness (QED) is 0.490. The summed E-state index contributed by atoms with van der Waals surface area (Å²) in [6.07, 6.45) is 0.280. The van der Waals surface area contributed by atoms with Gasteiger partial charge in [0.05, 0.1) is 20.1 Å². The molecule has 18 heavy (non-hydrogen) atoms. The van der Waals surface area contributed by atoms with Crippen molar-refractivity contribution in [1.82, 2.24) is 0 Å². The van der Waals surface area contributed by atoms with Gasteiger partial charge in [-0.25, -0.2) is 4.39 Å². The molecule has 2 N–H and O–H groups in total. The van der Waals surface area contributed by atoms with Gasteiger partial charge in [-0.2, -0.15) is 0 Å². The number of rotatable bonds is 6. The Morgan fingerprint density at radius 3 is 2.83 bits per heavy atom. The SMILES string of the molecule is CCOc1cc(SCCC(=O)OC)c(N)cc1F. The molecule has 0 unspecified atom stereocenters. The maximum atomic E-state index is 13.4. The van der Waals surface area contributed by atoms with Crippen LogP contribution in [0.5, 0.6) is 5.75 Å². The third-order valence-corrected chi connectivity index (χ3v) is 3.23. The highest BCUT2D eigenvalue weighted by molar-refractivity contribution is 7.99. The summed E-state index contributed by atoms with van der Waals surface area (Å²) in [5.74, 6) is -0.0687. The predicted molar refractivity (Wildman–Crippen MR) is 69.3 cm³/mol. The summed E-state index contributed by atoms with van der Waals surface area (Å²) in [6, 6.07) is 2.78. The summed E-state index contributed by atoms with van der Waals surface area (Å²) in [4.78, 5) is 11.7. The van der Waals surface area contributed by atoms with Gasteiger partial charge in [0.1, 0.15) is 0 Å². The minimum Gasteiger partial charge on any atom is -0.491 e. The summed E-state index contributed by atoms with van der Waals surface area (Å²) in [7, 11) is 1.34. The van der Waals surface area contributed by atoms with Crippen molar-refractivity contribution < 1.29 is 18.7 Å². The Labute approximate surface area is 110 Å². The Morgan fingerprint density at radius 2 is 2.22 bits per heavy atom. The number of hydrogen-bond acceptors (Lipinski definition) is 5. The van der Waals surface area contributed by atoms with Gasteiger partial charge < -0.3 is 15.2 Å². The zero-order chi connectivity index (χ0) is 13.5. The molecule has 1 rings (SSSR count). The molecule has 0 aliphatic carbocycles. The van der Waals surface area contributed by atoms with E-state index in [1.807, 2.05) is 0 Å². The van der Waals surface area contributed by atoms with Crippen LogP contribution in [0.1, 0.15) is 13.3 Å². The van der Waals surface area contributed by atoms with Crippen LogP contribution in [0, 0.1) is 5.82 Å². The summed E-state index contributed by atoms with van der Waals surface area (Å²) >= 11 is 1.37. The standard InChI is InChI=1S/C12H16FNO3S/c1-3-17-10-7-11(9(14)6-8(10)13)18-5-4-12(15)16-2/h6-7H,3-5,14H2,1-2H3. The largest absolute Gasteiger partial charge is 0.491 e. The number of carbonyl (C=O) groups excluding carboxylic acids is 1. The number of ether oxygens (including phenoxy) is 2. The predicted octanol–water partition coefficient (Wildman–Crippen LogP) is 2.46. The van der Waals surface area contributed by atoms with Crippen LogP contribution in [0.25, 0.3) is 0 Å². The number of methoxy groups -OCH3 is 1. The fourth-order valence-electron chi connectivity index (χ4n) is 1.29. The van der Waals surface area contributed by atoms with Gasteiger partial charge in [0.2, 0.25) is 0 Å². The highest BCUT2D eigenvalue weighted by Crippen LogP contribution is 2.32. The fourth-order valence-corrected chi connectivity index (χ4v) is 2.19. The second kappa shape index (κ2) is 7.10. The first-order valence-corrected chi connectivity index (χ1v) is 6.48. The second-order valence-corrected chi connectivity index (χ2v) is 4.56. The molecule has 0 amide bonds. The number of halogens is 1. The first kappa shape index (κ1) is 14.6. The van der Waals surface area contributed by atoms with E-state index in [9.17, 15) is 9.18 Å². The van der Waals surface area contributed by atoms with Crippen molar-refractivity contribution in [3.63, 3.8) is 0 Å². The monoisotopic (exact) mass is 273 g/mol. The zero-order valence-corrected chi connectivity index (χ0v) is 11.2. The molecule has 100 valence electrons. The van der Waals surface area contributed by atoms with Gasteiger partial charge in [0.15, 0.2) is 11.6 Å². The van der Waals surface area contributed by atoms with E-state index in [2.05, 4.69) is 4.74 Å². The lowest BCUT2D eigenvalue weighted by molar-refractivity contribution is -0.140. The number of nitrogen functional groups attached to an aromatic ring is 1. The lowest BCUT2D eigenvalue weighted by Gasteiger charge is -2.10. The minimum atomic E-state index is -0.480. The van der Waals surface area contributed by atoms with Crippen molar-refractivity contribution in [3.05, 3.63) is 17.9 Å². The van der Waals surface area contributed by atoms with Gasteiger partial charge in [-0.3, -0.25) is 4.79 Å². The number of esters is 1. The number of benzene rings is 1. The smallest absolute Gasteiger partial charge is 0.306 e. The van der Waals surface area contributed by atoms with E-state index < -0.39 is 5.82 Å². The highest BCUT2D eigenvalue weighted by atomic mass is 32.2. The number of anilines is 1. The average molecular weight is 273 g/mol. The van der Waals surface area contributed by atoms with Crippen LogP contribution in [-0.4, -0.2) is 25.4 Å². The molecule has 0 atom stereocenters. The summed E-state index contributed by atoms with van der Waals surface area (Å²) in [6.45, 7) is 2.16. The molecular formula is C12H16FNO3S. The summed E-state index contributed by atoms with van der Waals surface area (Å²) in [5.41, 5.74) is 6.04. The molecule has 6 heteroatoms. The third kappa shape index (κ3) is 4.10. The molecule has 0 radical (unpaired) electrons. The van der Waals surface area contributed by atoms with Crippen molar-refractivity contribution in [2.75, 3.05) is 25.2 Å². The van der Waals surface area contributed by atoms with E-state index in [4.69, 9.17) is 10.5 Å². The van der Waals surface area contributed by atoms with Crippen LogP contribution in [0.3, 0.4) is 0 Å². The van der Waals surface area contributed by atoms with E-state index in [0.717, 1.165) is 0 Å². The third-order valence-electron chi connectivity index (χ3n) is 2.16. The van der Waals surface area contributed by atoms with Crippen molar-refractivity contribution >= 4 is 23.4 Å². The van der Waals surface area contributed by atoms with Crippen molar-refractivity contribution in [2.45, 2.75) is 18.2 Å². The molecule has 4 nitrogen and oxygen atoms in total. The van der Waals surface area contributed by atoms with Crippen LogP contribution in [0.2, 0.25) is 0 Å². The maximum absolute atomic E-state index is 13.4. The average Bonchev–Trinajstić information content (AvgIpc) is 2.34. The van der Waals surface area contributed by atoms with E-state index >= 15 is 0 Å². The fraction of sp³-hybridized carbons (Fsp3) is 0.417. The molecule has 0 aliphatic rings. The Morgan fingerprint density at radius 1 is 1.50 bits per heavy atom. The molecule has 0 saturated heterocycles. The van der Waals surface area contributed by atoms with Crippen molar-refractivity contribution in [1.29, 1.82) is 0 Å². The molecular weight excluding hydrogens is 257 g/mol. The molecule has 0 aliphatic heterocycles. The molecule has 0 heterocycles. The van der Waals surface area contributed by atoms with E-state index in [0.29, 0.717) is 22.9 Å². The topological polar surface area (TPSA) is 61.5 Å². The maximum Gasteiger partial charge on any atom is 0.306 e. The van der Waals surface area contributed by atoms with Gasteiger partial charge in [-0.1, -0.05) is 0 Å². The molecule has 0 saturated carbocycles. The molecule has 0 spiro atoms. The second-order valence-electron chi connectivity index (χ2n) is 3.43. The number of thioether (sulfide) groups is 1. The summed E-state index contributed by atoms with van der Waals surface area (Å²) in [5, 5.41) is 0. The number of hydrogen-bond donors (Lipinski definition) is 1. The van der Waals surface area contributed by atoms with E-state index in [1.54, 1.807) is 13.0 Å². The Bertz CT molecular complexity index is 426. The molecule has 1 aromatic carbocycles. The first-order valence-electron chi connectivity index (χ1n) is 5.50. The number of carbonyl (C=O) groups is 1. The van der Waals surface area contributed by atoms with E-state index in [-0.39, 0.29) is 18.1 Å². The van der Waals surface area contributed by atoms with Crippen LogP contribution in [-0.2, 0) is 9.53 Å². The van der Waals surface area contributed by atoms with Crippen molar-refractivity contribution in [2.24, 2.45) is 0 Å². The zero-order valence-electron chi connectivity index (χ0n) is 10.4. The highest BCUT2D eigenvalue weighted by Gasteiger charge is 2.10. The lowest BCUT2D eigenvalue weighted by atomic mass is 10.3. The lowest BCUT2D eigenvalue weighted by Crippen LogP contribution is -2.02. The van der Waals surface area contributed by atoms with Gasteiger partial charge in [0.25, 0.3) is 0 Å².